The molecular formula is C13H16ClNO. The van der Waals surface area contributed by atoms with Crippen LogP contribution in [-0.2, 0) is 4.79 Å². The molecule has 0 unspecified atom stereocenters. The zero-order valence-corrected chi connectivity index (χ0v) is 9.96. The highest BCUT2D eigenvalue weighted by Gasteiger charge is 2.37. The molecular weight excluding hydrogens is 222 g/mol. The Kier molecular flexibility index (Phi) is 3.49. The fourth-order valence-electron chi connectivity index (χ4n) is 2.10. The van der Waals surface area contributed by atoms with E-state index in [1.54, 1.807) is 0 Å². The van der Waals surface area contributed by atoms with Crippen LogP contribution in [0.5, 0.6) is 0 Å². The summed E-state index contributed by atoms with van der Waals surface area (Å²) in [7, 11) is 0. The van der Waals surface area contributed by atoms with Gasteiger partial charge < -0.3 is 5.32 Å². The Morgan fingerprint density at radius 1 is 1.12 bits per heavy atom. The average Bonchev–Trinajstić information content (AvgIpc) is 2.31. The van der Waals surface area contributed by atoms with Gasteiger partial charge in [-0.2, -0.15) is 0 Å². The predicted molar refractivity (Wildman–Crippen MR) is 66.7 cm³/mol. The summed E-state index contributed by atoms with van der Waals surface area (Å²) >= 11 is 6.36. The Balaban J connectivity index is 2.02. The fraction of sp³-hybridized carbons (Fsp3) is 0.462. The van der Waals surface area contributed by atoms with Crippen LogP contribution in [0.25, 0.3) is 0 Å². The molecule has 0 bridgehead atoms. The molecule has 0 spiro atoms. The molecule has 0 aromatic heterocycles. The molecule has 2 rings (SSSR count). The van der Waals surface area contributed by atoms with Crippen molar-refractivity contribution < 1.29 is 4.79 Å². The second-order valence-corrected chi connectivity index (χ2v) is 5.07. The molecule has 1 aromatic carbocycles. The van der Waals surface area contributed by atoms with Crippen molar-refractivity contribution in [1.29, 1.82) is 0 Å². The second-order valence-electron chi connectivity index (χ2n) is 4.35. The van der Waals surface area contributed by atoms with Gasteiger partial charge in [0, 0.05) is 5.69 Å². The van der Waals surface area contributed by atoms with Crippen molar-refractivity contribution in [2.24, 2.45) is 0 Å². The number of benzene rings is 1. The lowest BCUT2D eigenvalue weighted by Gasteiger charge is -2.29. The minimum Gasteiger partial charge on any atom is -0.325 e. The van der Waals surface area contributed by atoms with Crippen molar-refractivity contribution in [3.05, 3.63) is 30.3 Å². The van der Waals surface area contributed by atoms with Crippen LogP contribution < -0.4 is 5.32 Å². The predicted octanol–water partition coefficient (Wildman–Crippen LogP) is 3.57. The van der Waals surface area contributed by atoms with Gasteiger partial charge in [-0.15, -0.1) is 11.6 Å². The molecule has 1 fully saturated rings. The van der Waals surface area contributed by atoms with Gasteiger partial charge in [-0.1, -0.05) is 37.5 Å². The van der Waals surface area contributed by atoms with Crippen LogP contribution in [0.3, 0.4) is 0 Å². The molecule has 3 heteroatoms. The number of rotatable bonds is 2. The molecule has 1 aromatic rings. The van der Waals surface area contributed by atoms with E-state index in [1.165, 1.54) is 6.42 Å². The Morgan fingerprint density at radius 2 is 1.75 bits per heavy atom. The fourth-order valence-corrected chi connectivity index (χ4v) is 2.42. The van der Waals surface area contributed by atoms with E-state index in [9.17, 15) is 4.79 Å². The molecule has 1 aliphatic rings. The van der Waals surface area contributed by atoms with Gasteiger partial charge in [0.2, 0.25) is 5.91 Å². The summed E-state index contributed by atoms with van der Waals surface area (Å²) in [4.78, 5) is 11.4. The zero-order valence-electron chi connectivity index (χ0n) is 9.21. The smallest absolute Gasteiger partial charge is 0.245 e. The van der Waals surface area contributed by atoms with E-state index in [-0.39, 0.29) is 5.91 Å². The molecule has 1 amide bonds. The summed E-state index contributed by atoms with van der Waals surface area (Å²) in [5.41, 5.74) is 0.818. The molecule has 86 valence electrons. The first-order valence-electron chi connectivity index (χ1n) is 5.76. The third kappa shape index (κ3) is 2.56. The minimum atomic E-state index is -0.686. The summed E-state index contributed by atoms with van der Waals surface area (Å²) in [6.07, 6.45) is 4.85. The van der Waals surface area contributed by atoms with Gasteiger partial charge in [0.15, 0.2) is 0 Å². The number of hydrogen-bond acceptors (Lipinski definition) is 1. The monoisotopic (exact) mass is 237 g/mol. The summed E-state index contributed by atoms with van der Waals surface area (Å²) in [6, 6.07) is 9.48. The molecule has 0 heterocycles. The topological polar surface area (TPSA) is 29.1 Å². The number of anilines is 1. The molecule has 1 saturated carbocycles. The van der Waals surface area contributed by atoms with Gasteiger partial charge in [-0.05, 0) is 25.0 Å². The van der Waals surface area contributed by atoms with E-state index in [1.807, 2.05) is 30.3 Å². The van der Waals surface area contributed by atoms with Crippen LogP contribution in [0.15, 0.2) is 30.3 Å². The molecule has 0 radical (unpaired) electrons. The maximum Gasteiger partial charge on any atom is 0.245 e. The lowest BCUT2D eigenvalue weighted by Crippen LogP contribution is -2.39. The van der Waals surface area contributed by atoms with Gasteiger partial charge in [-0.25, -0.2) is 0 Å². The van der Waals surface area contributed by atoms with Gasteiger partial charge >= 0.3 is 0 Å². The number of alkyl halides is 1. The number of halogens is 1. The first-order chi connectivity index (χ1) is 7.71. The number of hydrogen-bond donors (Lipinski definition) is 1. The highest BCUT2D eigenvalue weighted by molar-refractivity contribution is 6.36. The first kappa shape index (κ1) is 11.5. The van der Waals surface area contributed by atoms with E-state index in [4.69, 9.17) is 11.6 Å². The van der Waals surface area contributed by atoms with Gasteiger partial charge in [-0.3, -0.25) is 4.79 Å². The SMILES string of the molecule is O=C(Nc1ccccc1)C1(Cl)CCCCC1. The largest absolute Gasteiger partial charge is 0.325 e. The van der Waals surface area contributed by atoms with Crippen molar-refractivity contribution in [1.82, 2.24) is 0 Å². The summed E-state index contributed by atoms with van der Waals surface area (Å²) < 4.78 is 0. The quantitative estimate of drug-likeness (QED) is 0.783. The second kappa shape index (κ2) is 4.88. The Morgan fingerprint density at radius 3 is 2.38 bits per heavy atom. The third-order valence-corrected chi connectivity index (χ3v) is 3.63. The molecule has 1 N–H and O–H groups in total. The number of para-hydroxylation sites is 1. The van der Waals surface area contributed by atoms with E-state index < -0.39 is 4.87 Å². The molecule has 1 aliphatic carbocycles. The normalized spacial score (nSPS) is 19.1. The van der Waals surface area contributed by atoms with Crippen LogP contribution in [-0.4, -0.2) is 10.8 Å². The van der Waals surface area contributed by atoms with Crippen molar-refractivity contribution in [2.75, 3.05) is 5.32 Å². The maximum absolute atomic E-state index is 12.0. The average molecular weight is 238 g/mol. The summed E-state index contributed by atoms with van der Waals surface area (Å²) in [5.74, 6) is -0.0555. The Bertz CT molecular complexity index is 357. The number of carbonyl (C=O) groups is 1. The van der Waals surface area contributed by atoms with Crippen molar-refractivity contribution >= 4 is 23.2 Å². The Hall–Kier alpha value is -1.02. The standard InChI is InChI=1S/C13H16ClNO/c14-13(9-5-2-6-10-13)12(16)15-11-7-3-1-4-8-11/h1,3-4,7-8H,2,5-6,9-10H2,(H,15,16). The number of carbonyl (C=O) groups excluding carboxylic acids is 1. The lowest BCUT2D eigenvalue weighted by atomic mass is 9.87. The van der Waals surface area contributed by atoms with Crippen molar-refractivity contribution in [3.63, 3.8) is 0 Å². The van der Waals surface area contributed by atoms with E-state index in [2.05, 4.69) is 5.32 Å². The Labute approximate surface area is 101 Å². The molecule has 0 aliphatic heterocycles. The zero-order chi connectivity index (χ0) is 11.4. The van der Waals surface area contributed by atoms with E-state index in [0.29, 0.717) is 0 Å². The van der Waals surface area contributed by atoms with Gasteiger partial charge in [0.25, 0.3) is 0 Å². The highest BCUT2D eigenvalue weighted by atomic mass is 35.5. The molecule has 2 nitrogen and oxygen atoms in total. The molecule has 16 heavy (non-hydrogen) atoms. The maximum atomic E-state index is 12.0. The van der Waals surface area contributed by atoms with Gasteiger partial charge in [0.1, 0.15) is 4.87 Å². The van der Waals surface area contributed by atoms with Crippen LogP contribution >= 0.6 is 11.6 Å². The van der Waals surface area contributed by atoms with Crippen molar-refractivity contribution in [2.45, 2.75) is 37.0 Å². The molecule has 0 saturated heterocycles. The third-order valence-electron chi connectivity index (χ3n) is 3.08. The highest BCUT2D eigenvalue weighted by Crippen LogP contribution is 2.35. The van der Waals surface area contributed by atoms with Crippen LogP contribution in [0.4, 0.5) is 5.69 Å². The summed E-state index contributed by atoms with van der Waals surface area (Å²) in [6.45, 7) is 0. The van der Waals surface area contributed by atoms with Crippen LogP contribution in [0.2, 0.25) is 0 Å². The molecule has 0 atom stereocenters. The van der Waals surface area contributed by atoms with E-state index in [0.717, 1.165) is 31.4 Å². The van der Waals surface area contributed by atoms with Crippen LogP contribution in [0, 0.1) is 0 Å². The number of nitrogens with one attached hydrogen (secondary N) is 1. The van der Waals surface area contributed by atoms with E-state index >= 15 is 0 Å². The minimum absolute atomic E-state index is 0.0555. The first-order valence-corrected chi connectivity index (χ1v) is 6.14. The number of amides is 1. The summed E-state index contributed by atoms with van der Waals surface area (Å²) in [5, 5.41) is 2.88. The lowest BCUT2D eigenvalue weighted by molar-refractivity contribution is -0.119. The van der Waals surface area contributed by atoms with Gasteiger partial charge in [0.05, 0.1) is 0 Å². The van der Waals surface area contributed by atoms with Crippen LogP contribution in [0.1, 0.15) is 32.1 Å². The van der Waals surface area contributed by atoms with Crippen molar-refractivity contribution in [3.8, 4) is 0 Å².